The molecule has 0 aliphatic heterocycles. The Morgan fingerprint density at radius 1 is 1.29 bits per heavy atom. The van der Waals surface area contributed by atoms with E-state index in [2.05, 4.69) is 25.5 Å². The van der Waals surface area contributed by atoms with Crippen LogP contribution in [0.1, 0.15) is 17.4 Å². The van der Waals surface area contributed by atoms with Gasteiger partial charge in [-0.05, 0) is 16.9 Å². The number of anilines is 1. The molecular formula is C12H10N6O2S. The monoisotopic (exact) mass is 302 g/mol. The molecule has 2 aromatic heterocycles. The van der Waals surface area contributed by atoms with Gasteiger partial charge in [0.1, 0.15) is 18.6 Å². The van der Waals surface area contributed by atoms with Crippen molar-refractivity contribution in [1.82, 2.24) is 20.2 Å². The summed E-state index contributed by atoms with van der Waals surface area (Å²) in [7, 11) is 0. The zero-order chi connectivity index (χ0) is 14.7. The number of aromatic nitrogens is 4. The zero-order valence-corrected chi connectivity index (χ0v) is 11.4. The molecule has 0 saturated carbocycles. The fraction of sp³-hybridized carbons (Fsp3) is 0.0833. The second-order valence-corrected chi connectivity index (χ2v) is 5.13. The number of H-pyrrole nitrogens is 1. The minimum atomic E-state index is -0.463. The molecule has 106 valence electrons. The van der Waals surface area contributed by atoms with Gasteiger partial charge in [-0.15, -0.1) is 0 Å². The summed E-state index contributed by atoms with van der Waals surface area (Å²) in [6, 6.07) is 9.29. The quantitative estimate of drug-likeness (QED) is 0.553. The van der Waals surface area contributed by atoms with Crippen molar-refractivity contribution < 1.29 is 4.92 Å². The predicted molar refractivity (Wildman–Crippen MR) is 77.1 cm³/mol. The van der Waals surface area contributed by atoms with Crippen LogP contribution >= 0.6 is 11.3 Å². The Hall–Kier alpha value is -2.81. The van der Waals surface area contributed by atoms with Crippen molar-refractivity contribution in [3.63, 3.8) is 0 Å². The third kappa shape index (κ3) is 2.87. The molecule has 0 amide bonds. The van der Waals surface area contributed by atoms with Gasteiger partial charge in [0, 0.05) is 0 Å². The minimum absolute atomic E-state index is 0.0121. The van der Waals surface area contributed by atoms with Crippen LogP contribution < -0.4 is 5.32 Å². The number of hydrogen-bond donors (Lipinski definition) is 2. The maximum atomic E-state index is 10.7. The molecule has 0 saturated heterocycles. The van der Waals surface area contributed by atoms with Crippen LogP contribution in [0.3, 0.4) is 0 Å². The van der Waals surface area contributed by atoms with Crippen LogP contribution in [-0.2, 0) is 0 Å². The van der Waals surface area contributed by atoms with Gasteiger partial charge in [-0.3, -0.25) is 15.2 Å². The van der Waals surface area contributed by atoms with E-state index in [0.29, 0.717) is 11.0 Å². The van der Waals surface area contributed by atoms with Crippen molar-refractivity contribution in [2.75, 3.05) is 5.32 Å². The summed E-state index contributed by atoms with van der Waals surface area (Å²) >= 11 is 0.978. The molecule has 1 atom stereocenters. The highest BCUT2D eigenvalue weighted by atomic mass is 32.1. The van der Waals surface area contributed by atoms with E-state index in [-0.39, 0.29) is 11.0 Å². The Morgan fingerprint density at radius 2 is 2.10 bits per heavy atom. The number of nitrogens with zero attached hydrogens (tertiary/aromatic N) is 4. The van der Waals surface area contributed by atoms with Crippen LogP contribution in [-0.4, -0.2) is 25.1 Å². The molecule has 1 aromatic carbocycles. The van der Waals surface area contributed by atoms with Gasteiger partial charge < -0.3 is 5.32 Å². The summed E-state index contributed by atoms with van der Waals surface area (Å²) in [5, 5.41) is 20.9. The van der Waals surface area contributed by atoms with Gasteiger partial charge in [0.15, 0.2) is 11.0 Å². The van der Waals surface area contributed by atoms with Crippen LogP contribution in [0.4, 0.5) is 10.1 Å². The van der Waals surface area contributed by atoms with Crippen molar-refractivity contribution in [2.24, 2.45) is 0 Å². The van der Waals surface area contributed by atoms with Crippen LogP contribution in [0, 0.1) is 10.1 Å². The molecule has 8 nitrogen and oxygen atoms in total. The van der Waals surface area contributed by atoms with Gasteiger partial charge >= 0.3 is 5.00 Å². The Kier molecular flexibility index (Phi) is 3.56. The van der Waals surface area contributed by atoms with Crippen LogP contribution in [0.25, 0.3) is 0 Å². The lowest BCUT2D eigenvalue weighted by Crippen LogP contribution is -2.13. The molecule has 2 N–H and O–H groups in total. The summed E-state index contributed by atoms with van der Waals surface area (Å²) in [5.41, 5.74) is 0.951. The van der Waals surface area contributed by atoms with Crippen molar-refractivity contribution in [1.29, 1.82) is 0 Å². The summed E-state index contributed by atoms with van der Waals surface area (Å²) in [6.07, 6.45) is 2.65. The first-order chi connectivity index (χ1) is 10.2. The minimum Gasteiger partial charge on any atom is -0.347 e. The molecule has 9 heteroatoms. The smallest absolute Gasteiger partial charge is 0.345 e. The Balaban J connectivity index is 1.91. The van der Waals surface area contributed by atoms with Crippen LogP contribution in [0.5, 0.6) is 0 Å². The molecular weight excluding hydrogens is 292 g/mol. The fourth-order valence-corrected chi connectivity index (χ4v) is 2.51. The number of nitro groups is 1. The first-order valence-electron chi connectivity index (χ1n) is 6.01. The Labute approximate surface area is 123 Å². The van der Waals surface area contributed by atoms with E-state index in [1.54, 1.807) is 0 Å². The van der Waals surface area contributed by atoms with Crippen molar-refractivity contribution in [3.8, 4) is 0 Å². The molecule has 2 heterocycles. The third-order valence-corrected chi connectivity index (χ3v) is 3.66. The molecule has 3 rings (SSSR count). The number of rotatable bonds is 5. The highest BCUT2D eigenvalue weighted by Crippen LogP contribution is 2.30. The highest BCUT2D eigenvalue weighted by molar-refractivity contribution is 7.18. The Morgan fingerprint density at radius 3 is 2.71 bits per heavy atom. The number of thiazole rings is 1. The fourth-order valence-electron chi connectivity index (χ4n) is 1.85. The van der Waals surface area contributed by atoms with E-state index in [0.717, 1.165) is 16.9 Å². The van der Waals surface area contributed by atoms with Gasteiger partial charge in [0.2, 0.25) is 0 Å². The van der Waals surface area contributed by atoms with E-state index in [9.17, 15) is 10.1 Å². The van der Waals surface area contributed by atoms with Crippen molar-refractivity contribution >= 4 is 21.5 Å². The number of nitrogens with one attached hydrogen (secondary N) is 2. The average molecular weight is 302 g/mol. The summed E-state index contributed by atoms with van der Waals surface area (Å²) in [6.45, 7) is 0. The van der Waals surface area contributed by atoms with E-state index in [1.165, 1.54) is 12.5 Å². The van der Waals surface area contributed by atoms with E-state index in [4.69, 9.17) is 0 Å². The Bertz CT molecular complexity index is 727. The lowest BCUT2D eigenvalue weighted by Gasteiger charge is -2.15. The predicted octanol–water partition coefficient (Wildman–Crippen LogP) is 2.37. The number of hydrogen-bond acceptors (Lipinski definition) is 7. The number of benzene rings is 1. The SMILES string of the molecule is O=[N+]([O-])c1cnc(NC(c2ccccc2)c2ncn[nH]2)s1. The highest BCUT2D eigenvalue weighted by Gasteiger charge is 2.20. The molecule has 0 radical (unpaired) electrons. The topological polar surface area (TPSA) is 110 Å². The molecule has 1 unspecified atom stereocenters. The summed E-state index contributed by atoms with van der Waals surface area (Å²) in [5.74, 6) is 0.610. The maximum Gasteiger partial charge on any atom is 0.345 e. The van der Waals surface area contributed by atoms with Crippen molar-refractivity contribution in [2.45, 2.75) is 6.04 Å². The van der Waals surface area contributed by atoms with E-state index in [1.807, 2.05) is 30.3 Å². The van der Waals surface area contributed by atoms with Crippen LogP contribution in [0.15, 0.2) is 42.9 Å². The van der Waals surface area contributed by atoms with Gasteiger partial charge in [0.05, 0.1) is 4.92 Å². The normalized spacial score (nSPS) is 12.0. The first kappa shape index (κ1) is 13.2. The summed E-state index contributed by atoms with van der Waals surface area (Å²) in [4.78, 5) is 18.4. The van der Waals surface area contributed by atoms with Gasteiger partial charge in [-0.2, -0.15) is 5.10 Å². The van der Waals surface area contributed by atoms with Crippen molar-refractivity contribution in [3.05, 3.63) is 64.4 Å². The lowest BCUT2D eigenvalue weighted by atomic mass is 10.1. The van der Waals surface area contributed by atoms with Crippen LogP contribution in [0.2, 0.25) is 0 Å². The molecule has 3 aromatic rings. The molecule has 21 heavy (non-hydrogen) atoms. The van der Waals surface area contributed by atoms with Gasteiger partial charge in [-0.1, -0.05) is 30.3 Å². The molecule has 0 aliphatic rings. The van der Waals surface area contributed by atoms with Gasteiger partial charge in [-0.25, -0.2) is 9.97 Å². The van der Waals surface area contributed by atoms with E-state index >= 15 is 0 Å². The molecule has 0 spiro atoms. The molecule has 0 aliphatic carbocycles. The maximum absolute atomic E-state index is 10.7. The summed E-state index contributed by atoms with van der Waals surface area (Å²) < 4.78 is 0. The largest absolute Gasteiger partial charge is 0.347 e. The van der Waals surface area contributed by atoms with E-state index < -0.39 is 4.92 Å². The second-order valence-electron chi connectivity index (χ2n) is 4.12. The zero-order valence-electron chi connectivity index (χ0n) is 10.6. The molecule has 0 bridgehead atoms. The standard InChI is InChI=1S/C12H10N6O2S/c19-18(20)9-6-13-12(21-9)16-10(11-14-7-15-17-11)8-4-2-1-3-5-8/h1-7,10H,(H,13,16)(H,14,15,17). The third-order valence-electron chi connectivity index (χ3n) is 2.78. The average Bonchev–Trinajstić information content (AvgIpc) is 3.17. The molecule has 0 fully saturated rings. The number of aromatic amines is 1. The first-order valence-corrected chi connectivity index (χ1v) is 6.82. The second kappa shape index (κ2) is 5.67. The van der Waals surface area contributed by atoms with Gasteiger partial charge in [0.25, 0.3) is 0 Å². The lowest BCUT2D eigenvalue weighted by molar-refractivity contribution is -0.380.